The molecule has 10 nitrogen and oxygen atoms in total. The second kappa shape index (κ2) is 11.3. The minimum absolute atomic E-state index is 0.0461. The van der Waals surface area contributed by atoms with Gasteiger partial charge in [0.2, 0.25) is 5.91 Å². The van der Waals surface area contributed by atoms with E-state index in [1.807, 2.05) is 35.9 Å². The largest absolute Gasteiger partial charge is 0.497 e. The third-order valence-electron chi connectivity index (χ3n) is 4.84. The predicted octanol–water partition coefficient (Wildman–Crippen LogP) is 2.72. The van der Waals surface area contributed by atoms with Gasteiger partial charge in [-0.3, -0.25) is 4.79 Å². The third-order valence-corrected chi connectivity index (χ3v) is 5.86. The number of benzene rings is 2. The Balaban J connectivity index is 1.65. The zero-order chi connectivity index (χ0) is 24.7. The number of hydrogen-bond donors (Lipinski definition) is 1. The molecule has 3 rings (SSSR count). The number of amides is 1. The average molecular weight is 485 g/mol. The molecule has 3 aromatic rings. The lowest BCUT2D eigenvalue weighted by molar-refractivity contribution is -0.113. The molecule has 0 aliphatic rings. The molecule has 1 amide bonds. The maximum Gasteiger partial charge on any atom is 0.337 e. The van der Waals surface area contributed by atoms with Crippen LogP contribution in [0.3, 0.4) is 0 Å². The summed E-state index contributed by atoms with van der Waals surface area (Å²) in [5.41, 5.74) is 1.55. The first-order chi connectivity index (χ1) is 16.3. The molecule has 0 bridgehead atoms. The molecule has 11 heteroatoms. The van der Waals surface area contributed by atoms with Gasteiger partial charge in [-0.1, -0.05) is 23.9 Å². The fourth-order valence-electron chi connectivity index (χ4n) is 3.05. The number of carbonyl (C=O) groups is 3. The number of carbonyl (C=O) groups excluding carboxylic acids is 3. The van der Waals surface area contributed by atoms with Crippen molar-refractivity contribution in [2.45, 2.75) is 11.6 Å². The van der Waals surface area contributed by atoms with Crippen molar-refractivity contribution >= 4 is 35.3 Å². The van der Waals surface area contributed by atoms with Crippen LogP contribution in [0, 0.1) is 0 Å². The molecule has 0 saturated heterocycles. The second-order valence-corrected chi connectivity index (χ2v) is 8.04. The first-order valence-electron chi connectivity index (χ1n) is 10.1. The van der Waals surface area contributed by atoms with Gasteiger partial charge in [-0.2, -0.15) is 0 Å². The summed E-state index contributed by atoms with van der Waals surface area (Å²) < 4.78 is 16.4. The van der Waals surface area contributed by atoms with E-state index in [0.29, 0.717) is 11.6 Å². The number of esters is 2. The summed E-state index contributed by atoms with van der Waals surface area (Å²) in [5, 5.41) is 11.7. The van der Waals surface area contributed by atoms with Gasteiger partial charge in [-0.15, -0.1) is 10.2 Å². The van der Waals surface area contributed by atoms with Crippen molar-refractivity contribution in [3.8, 4) is 5.75 Å². The van der Waals surface area contributed by atoms with Crippen LogP contribution >= 0.6 is 11.8 Å². The van der Waals surface area contributed by atoms with Crippen molar-refractivity contribution in [1.29, 1.82) is 0 Å². The summed E-state index contributed by atoms with van der Waals surface area (Å²) in [4.78, 5) is 36.3. The fraction of sp³-hybridized carbons (Fsp3) is 0.261. The summed E-state index contributed by atoms with van der Waals surface area (Å²) in [7, 11) is 5.91. The highest BCUT2D eigenvalue weighted by atomic mass is 32.2. The SMILES string of the molecule is COC(=O)c1cc(NC(=O)CSc2nnc(Cc3ccc(OC)cc3)n2C)cc(C(=O)OC)c1. The van der Waals surface area contributed by atoms with Gasteiger partial charge in [0.15, 0.2) is 5.16 Å². The van der Waals surface area contributed by atoms with E-state index in [1.165, 1.54) is 44.2 Å². The molecule has 1 N–H and O–H groups in total. The molecular formula is C23H24N4O6S. The second-order valence-electron chi connectivity index (χ2n) is 7.10. The third kappa shape index (κ3) is 6.13. The number of nitrogens with one attached hydrogen (secondary N) is 1. The Hall–Kier alpha value is -3.86. The Labute approximate surface area is 200 Å². The Kier molecular flexibility index (Phi) is 8.25. The van der Waals surface area contributed by atoms with Gasteiger partial charge < -0.3 is 24.1 Å². The van der Waals surface area contributed by atoms with Crippen molar-refractivity contribution < 1.29 is 28.6 Å². The zero-order valence-electron chi connectivity index (χ0n) is 19.2. The zero-order valence-corrected chi connectivity index (χ0v) is 20.0. The first kappa shape index (κ1) is 24.8. The lowest BCUT2D eigenvalue weighted by atomic mass is 10.1. The van der Waals surface area contributed by atoms with Gasteiger partial charge in [0.1, 0.15) is 11.6 Å². The van der Waals surface area contributed by atoms with E-state index >= 15 is 0 Å². The minimum atomic E-state index is -0.640. The standard InChI is InChI=1S/C23H24N4O6S/c1-27-19(9-14-5-7-18(31-2)8-6-14)25-26-23(27)34-13-20(28)24-17-11-15(21(29)32-3)10-16(12-17)22(30)33-4/h5-8,10-12H,9,13H2,1-4H3,(H,24,28). The van der Waals surface area contributed by atoms with Crippen molar-refractivity contribution in [3.63, 3.8) is 0 Å². The average Bonchev–Trinajstić information content (AvgIpc) is 3.20. The molecule has 0 fully saturated rings. The molecule has 0 radical (unpaired) electrons. The Morgan fingerprint density at radius 3 is 2.12 bits per heavy atom. The molecule has 0 spiro atoms. The molecule has 0 unspecified atom stereocenters. The summed E-state index contributed by atoms with van der Waals surface area (Å²) in [6.07, 6.45) is 0.580. The van der Waals surface area contributed by atoms with Gasteiger partial charge in [-0.05, 0) is 35.9 Å². The van der Waals surface area contributed by atoms with Crippen LogP contribution in [0.1, 0.15) is 32.1 Å². The van der Waals surface area contributed by atoms with Crippen LogP contribution in [-0.4, -0.2) is 59.7 Å². The Morgan fingerprint density at radius 1 is 0.941 bits per heavy atom. The molecule has 1 aromatic heterocycles. The molecule has 34 heavy (non-hydrogen) atoms. The molecule has 2 aromatic carbocycles. The van der Waals surface area contributed by atoms with Gasteiger partial charge in [0.05, 0.1) is 38.2 Å². The van der Waals surface area contributed by atoms with Gasteiger partial charge in [0.25, 0.3) is 0 Å². The van der Waals surface area contributed by atoms with Gasteiger partial charge >= 0.3 is 11.9 Å². The van der Waals surface area contributed by atoms with E-state index < -0.39 is 11.9 Å². The summed E-state index contributed by atoms with van der Waals surface area (Å²) in [6.45, 7) is 0. The Bertz CT molecular complexity index is 1160. The summed E-state index contributed by atoms with van der Waals surface area (Å²) in [5.74, 6) is -0.0491. The van der Waals surface area contributed by atoms with Crippen LogP contribution in [0.25, 0.3) is 0 Å². The molecular weight excluding hydrogens is 460 g/mol. The number of ether oxygens (including phenoxy) is 3. The van der Waals surface area contributed by atoms with Crippen molar-refractivity contribution in [2.24, 2.45) is 7.05 Å². The van der Waals surface area contributed by atoms with E-state index in [2.05, 4.69) is 15.5 Å². The van der Waals surface area contributed by atoms with Gasteiger partial charge in [0, 0.05) is 19.2 Å². The van der Waals surface area contributed by atoms with Gasteiger partial charge in [-0.25, -0.2) is 9.59 Å². The minimum Gasteiger partial charge on any atom is -0.497 e. The molecule has 0 aliphatic carbocycles. The van der Waals surface area contributed by atoms with Crippen molar-refractivity contribution in [1.82, 2.24) is 14.8 Å². The quantitative estimate of drug-likeness (QED) is 0.361. The van der Waals surface area contributed by atoms with E-state index in [0.717, 1.165) is 17.1 Å². The number of rotatable bonds is 9. The number of thioether (sulfide) groups is 1. The van der Waals surface area contributed by atoms with E-state index in [9.17, 15) is 14.4 Å². The van der Waals surface area contributed by atoms with E-state index in [1.54, 1.807) is 7.11 Å². The fourth-order valence-corrected chi connectivity index (χ4v) is 3.78. The summed E-state index contributed by atoms with van der Waals surface area (Å²) >= 11 is 1.22. The van der Waals surface area contributed by atoms with E-state index in [4.69, 9.17) is 14.2 Å². The van der Waals surface area contributed by atoms with Crippen LogP contribution < -0.4 is 10.1 Å². The number of nitrogens with zero attached hydrogens (tertiary/aromatic N) is 3. The number of anilines is 1. The molecule has 0 atom stereocenters. The highest BCUT2D eigenvalue weighted by Gasteiger charge is 2.16. The van der Waals surface area contributed by atoms with E-state index in [-0.39, 0.29) is 28.5 Å². The molecule has 1 heterocycles. The Morgan fingerprint density at radius 2 is 1.56 bits per heavy atom. The van der Waals surface area contributed by atoms with Crippen molar-refractivity contribution in [2.75, 3.05) is 32.4 Å². The molecule has 0 aliphatic heterocycles. The topological polar surface area (TPSA) is 122 Å². The number of aromatic nitrogens is 3. The maximum atomic E-state index is 12.5. The lowest BCUT2D eigenvalue weighted by Crippen LogP contribution is -2.16. The predicted molar refractivity (Wildman–Crippen MR) is 125 cm³/mol. The van der Waals surface area contributed by atoms with Crippen LogP contribution in [0.15, 0.2) is 47.6 Å². The number of hydrogen-bond acceptors (Lipinski definition) is 9. The maximum absolute atomic E-state index is 12.5. The smallest absolute Gasteiger partial charge is 0.337 e. The highest BCUT2D eigenvalue weighted by molar-refractivity contribution is 7.99. The summed E-state index contributed by atoms with van der Waals surface area (Å²) in [6, 6.07) is 11.9. The number of methoxy groups -OCH3 is 3. The lowest BCUT2D eigenvalue weighted by Gasteiger charge is -2.09. The first-order valence-corrected chi connectivity index (χ1v) is 11.1. The normalized spacial score (nSPS) is 10.5. The van der Waals surface area contributed by atoms with Crippen LogP contribution in [0.2, 0.25) is 0 Å². The van der Waals surface area contributed by atoms with Crippen LogP contribution in [-0.2, 0) is 27.7 Å². The van der Waals surface area contributed by atoms with Crippen molar-refractivity contribution in [3.05, 3.63) is 65.0 Å². The van der Waals surface area contributed by atoms with Crippen LogP contribution in [0.4, 0.5) is 5.69 Å². The van der Waals surface area contributed by atoms with Crippen LogP contribution in [0.5, 0.6) is 5.75 Å². The monoisotopic (exact) mass is 484 g/mol. The highest BCUT2D eigenvalue weighted by Crippen LogP contribution is 2.21. The molecule has 178 valence electrons. The molecule has 0 saturated carbocycles.